The van der Waals surface area contributed by atoms with Gasteiger partial charge in [0.1, 0.15) is 12.4 Å². The van der Waals surface area contributed by atoms with E-state index >= 15 is 0 Å². The molecule has 1 fully saturated rings. The molecule has 0 bridgehead atoms. The van der Waals surface area contributed by atoms with Crippen LogP contribution >= 0.6 is 0 Å². The molecule has 0 spiro atoms. The Morgan fingerprint density at radius 2 is 2.10 bits per heavy atom. The predicted octanol–water partition coefficient (Wildman–Crippen LogP) is 2.45. The summed E-state index contributed by atoms with van der Waals surface area (Å²) in [6.07, 6.45) is 4.35. The summed E-state index contributed by atoms with van der Waals surface area (Å²) in [6.45, 7) is 8.74. The summed E-state index contributed by atoms with van der Waals surface area (Å²) in [5.41, 5.74) is 7.54. The molecular weight excluding hydrogens is 252 g/mol. The van der Waals surface area contributed by atoms with Crippen molar-refractivity contribution in [3.63, 3.8) is 0 Å². The second kappa shape index (κ2) is 7.92. The van der Waals surface area contributed by atoms with Gasteiger partial charge in [0.2, 0.25) is 0 Å². The molecule has 0 aliphatic carbocycles. The van der Waals surface area contributed by atoms with Gasteiger partial charge in [0.25, 0.3) is 0 Å². The van der Waals surface area contributed by atoms with Crippen LogP contribution in [0.2, 0.25) is 0 Å². The normalized spacial score (nSPS) is 15.4. The molecule has 1 aliphatic heterocycles. The smallest absolute Gasteiger partial charge is 0.125 e. The molecule has 20 heavy (non-hydrogen) atoms. The Balaban J connectivity index is 1.86. The number of hydrogen-bond donors (Lipinski definition) is 1. The van der Waals surface area contributed by atoms with Crippen molar-refractivity contribution in [1.82, 2.24) is 4.90 Å². The van der Waals surface area contributed by atoms with Crippen molar-refractivity contribution in [2.75, 3.05) is 38.6 Å². The van der Waals surface area contributed by atoms with E-state index in [0.29, 0.717) is 19.8 Å². The minimum Gasteiger partial charge on any atom is -0.492 e. The van der Waals surface area contributed by atoms with Gasteiger partial charge in [-0.1, -0.05) is 6.08 Å². The lowest BCUT2D eigenvalue weighted by atomic mass is 10.2. The standard InChI is InChI=1S/C16H24N2O2/c1-2-10-19-13-14-12-15(17)5-6-16(14)20-11-9-18-7-3-4-8-18/h2,5-6,12H,1,3-4,7-11,13,17H2. The fourth-order valence-corrected chi connectivity index (χ4v) is 2.40. The summed E-state index contributed by atoms with van der Waals surface area (Å²) < 4.78 is 11.4. The average molecular weight is 276 g/mol. The third-order valence-corrected chi connectivity index (χ3v) is 3.44. The molecule has 4 heteroatoms. The molecule has 4 nitrogen and oxygen atoms in total. The lowest BCUT2D eigenvalue weighted by Crippen LogP contribution is -2.25. The quantitative estimate of drug-likeness (QED) is 0.450. The Morgan fingerprint density at radius 1 is 1.30 bits per heavy atom. The highest BCUT2D eigenvalue weighted by molar-refractivity contribution is 5.47. The van der Waals surface area contributed by atoms with Gasteiger partial charge in [0, 0.05) is 17.8 Å². The highest BCUT2D eigenvalue weighted by Gasteiger charge is 2.11. The molecule has 2 rings (SSSR count). The molecule has 0 radical (unpaired) electrons. The first-order chi connectivity index (χ1) is 9.79. The van der Waals surface area contributed by atoms with Gasteiger partial charge >= 0.3 is 0 Å². The van der Waals surface area contributed by atoms with Crippen LogP contribution in [0.3, 0.4) is 0 Å². The zero-order valence-electron chi connectivity index (χ0n) is 12.0. The fourth-order valence-electron chi connectivity index (χ4n) is 2.40. The van der Waals surface area contributed by atoms with E-state index in [-0.39, 0.29) is 0 Å². The molecule has 1 aliphatic rings. The first-order valence-corrected chi connectivity index (χ1v) is 7.22. The number of hydrogen-bond acceptors (Lipinski definition) is 4. The molecule has 110 valence electrons. The van der Waals surface area contributed by atoms with Crippen LogP contribution in [0.25, 0.3) is 0 Å². The lowest BCUT2D eigenvalue weighted by Gasteiger charge is -2.17. The molecule has 0 saturated carbocycles. The predicted molar refractivity (Wildman–Crippen MR) is 81.9 cm³/mol. The number of likely N-dealkylation sites (tertiary alicyclic amines) is 1. The van der Waals surface area contributed by atoms with Crippen LogP contribution in [0.4, 0.5) is 5.69 Å². The Bertz CT molecular complexity index is 428. The van der Waals surface area contributed by atoms with Crippen LogP contribution in [0, 0.1) is 0 Å². The van der Waals surface area contributed by atoms with E-state index < -0.39 is 0 Å². The molecule has 0 amide bonds. The highest BCUT2D eigenvalue weighted by Crippen LogP contribution is 2.22. The summed E-state index contributed by atoms with van der Waals surface area (Å²) in [5.74, 6) is 0.863. The maximum atomic E-state index is 5.88. The third-order valence-electron chi connectivity index (χ3n) is 3.44. The summed E-state index contributed by atoms with van der Waals surface area (Å²) in [4.78, 5) is 2.44. The maximum Gasteiger partial charge on any atom is 0.125 e. The SMILES string of the molecule is C=CCOCc1cc(N)ccc1OCCN1CCCC1. The largest absolute Gasteiger partial charge is 0.492 e. The van der Waals surface area contributed by atoms with Crippen LogP contribution in [-0.2, 0) is 11.3 Å². The molecule has 0 aromatic heterocycles. The van der Waals surface area contributed by atoms with Crippen LogP contribution in [0.15, 0.2) is 30.9 Å². The van der Waals surface area contributed by atoms with Crippen molar-refractivity contribution < 1.29 is 9.47 Å². The second-order valence-electron chi connectivity index (χ2n) is 5.07. The van der Waals surface area contributed by atoms with Crippen molar-refractivity contribution in [2.45, 2.75) is 19.4 Å². The number of rotatable bonds is 8. The maximum absolute atomic E-state index is 5.88. The van der Waals surface area contributed by atoms with Crippen molar-refractivity contribution in [3.8, 4) is 5.75 Å². The minimum absolute atomic E-state index is 0.496. The van der Waals surface area contributed by atoms with Gasteiger partial charge < -0.3 is 15.2 Å². The van der Waals surface area contributed by atoms with E-state index in [1.165, 1.54) is 25.9 Å². The van der Waals surface area contributed by atoms with E-state index in [4.69, 9.17) is 15.2 Å². The topological polar surface area (TPSA) is 47.7 Å². The van der Waals surface area contributed by atoms with Crippen LogP contribution in [0.1, 0.15) is 18.4 Å². The lowest BCUT2D eigenvalue weighted by molar-refractivity contribution is 0.144. The van der Waals surface area contributed by atoms with Gasteiger partial charge in [0.15, 0.2) is 0 Å². The first-order valence-electron chi connectivity index (χ1n) is 7.22. The molecule has 0 unspecified atom stereocenters. The number of nitrogens with two attached hydrogens (primary N) is 1. The molecular formula is C16H24N2O2. The number of ether oxygens (including phenoxy) is 2. The van der Waals surface area contributed by atoms with Gasteiger partial charge in [-0.25, -0.2) is 0 Å². The zero-order valence-corrected chi connectivity index (χ0v) is 12.0. The van der Waals surface area contributed by atoms with Crippen LogP contribution < -0.4 is 10.5 Å². The van der Waals surface area contributed by atoms with Crippen LogP contribution in [0.5, 0.6) is 5.75 Å². The number of benzene rings is 1. The number of nitrogen functional groups attached to an aromatic ring is 1. The molecule has 2 N–H and O–H groups in total. The zero-order chi connectivity index (χ0) is 14.2. The van der Waals surface area contributed by atoms with E-state index in [1.54, 1.807) is 6.08 Å². The van der Waals surface area contributed by atoms with E-state index in [2.05, 4.69) is 11.5 Å². The summed E-state index contributed by atoms with van der Waals surface area (Å²) in [7, 11) is 0. The molecule has 1 heterocycles. The van der Waals surface area contributed by atoms with Gasteiger partial charge in [0.05, 0.1) is 13.2 Å². The van der Waals surface area contributed by atoms with Gasteiger partial charge in [-0.2, -0.15) is 0 Å². The Hall–Kier alpha value is -1.52. The minimum atomic E-state index is 0.496. The van der Waals surface area contributed by atoms with Gasteiger partial charge in [-0.15, -0.1) is 6.58 Å². The van der Waals surface area contributed by atoms with E-state index in [1.807, 2.05) is 18.2 Å². The summed E-state index contributed by atoms with van der Waals surface area (Å²) >= 11 is 0. The summed E-state index contributed by atoms with van der Waals surface area (Å²) in [6, 6.07) is 5.70. The van der Waals surface area contributed by atoms with Gasteiger partial charge in [-0.3, -0.25) is 4.90 Å². The van der Waals surface area contributed by atoms with Crippen molar-refractivity contribution in [2.24, 2.45) is 0 Å². The van der Waals surface area contributed by atoms with Crippen LogP contribution in [-0.4, -0.2) is 37.7 Å². The average Bonchev–Trinajstić information content (AvgIpc) is 2.95. The van der Waals surface area contributed by atoms with Crippen molar-refractivity contribution in [3.05, 3.63) is 36.4 Å². The highest BCUT2D eigenvalue weighted by atomic mass is 16.5. The monoisotopic (exact) mass is 276 g/mol. The molecule has 1 saturated heterocycles. The summed E-state index contributed by atoms with van der Waals surface area (Å²) in [5, 5.41) is 0. The van der Waals surface area contributed by atoms with Crippen molar-refractivity contribution in [1.29, 1.82) is 0 Å². The Kier molecular flexibility index (Phi) is 5.89. The molecule has 1 aromatic rings. The van der Waals surface area contributed by atoms with E-state index in [9.17, 15) is 0 Å². The fraction of sp³-hybridized carbons (Fsp3) is 0.500. The third kappa shape index (κ3) is 4.54. The number of nitrogens with zero attached hydrogens (tertiary/aromatic N) is 1. The second-order valence-corrected chi connectivity index (χ2v) is 5.07. The number of anilines is 1. The van der Waals surface area contributed by atoms with Gasteiger partial charge in [-0.05, 0) is 44.1 Å². The Morgan fingerprint density at radius 3 is 2.85 bits per heavy atom. The van der Waals surface area contributed by atoms with Crippen molar-refractivity contribution >= 4 is 5.69 Å². The first kappa shape index (κ1) is 14.9. The molecule has 1 aromatic carbocycles. The Labute approximate surface area is 121 Å². The molecule has 0 atom stereocenters. The van der Waals surface area contributed by atoms with E-state index in [0.717, 1.165) is 23.5 Å².